The van der Waals surface area contributed by atoms with E-state index in [4.69, 9.17) is 10.00 Å². The number of para-hydroxylation sites is 2. The van der Waals surface area contributed by atoms with Crippen molar-refractivity contribution in [1.82, 2.24) is 0 Å². The van der Waals surface area contributed by atoms with Gasteiger partial charge in [-0.25, -0.2) is 4.39 Å². The summed E-state index contributed by atoms with van der Waals surface area (Å²) in [4.78, 5) is 24.6. The average Bonchev–Trinajstić information content (AvgIpc) is 2.74. The molecule has 0 fully saturated rings. The minimum Gasteiger partial charge on any atom is -0.483 e. The molecule has 6 nitrogen and oxygen atoms in total. The van der Waals surface area contributed by atoms with Crippen LogP contribution >= 0.6 is 0 Å². The van der Waals surface area contributed by atoms with Gasteiger partial charge in [-0.15, -0.1) is 0 Å². The number of rotatable bonds is 6. The van der Waals surface area contributed by atoms with Gasteiger partial charge in [-0.2, -0.15) is 5.26 Å². The predicted molar refractivity (Wildman–Crippen MR) is 106 cm³/mol. The monoisotopic (exact) mass is 389 g/mol. The molecule has 0 saturated carbocycles. The summed E-state index contributed by atoms with van der Waals surface area (Å²) < 4.78 is 19.1. The summed E-state index contributed by atoms with van der Waals surface area (Å²) in [5.41, 5.74) is 1.14. The second-order valence-corrected chi connectivity index (χ2v) is 5.96. The van der Waals surface area contributed by atoms with E-state index in [2.05, 4.69) is 10.6 Å². The standard InChI is InChI=1S/C22H16FN3O3/c23-18-9-2-3-10-19(18)26-21(27)14-29-20-11-4-1-8-17(20)22(28)25-16-7-5-6-15(12-16)13-24/h1-12H,14H2,(H,25,28)(H,26,27). The number of ether oxygens (including phenoxy) is 1. The summed E-state index contributed by atoms with van der Waals surface area (Å²) in [5.74, 6) is -1.37. The van der Waals surface area contributed by atoms with Crippen LogP contribution in [0, 0.1) is 17.1 Å². The third-order valence-electron chi connectivity index (χ3n) is 3.89. The van der Waals surface area contributed by atoms with Gasteiger partial charge in [0.2, 0.25) is 0 Å². The molecule has 0 aliphatic rings. The van der Waals surface area contributed by atoms with Crippen LogP contribution in [-0.4, -0.2) is 18.4 Å². The summed E-state index contributed by atoms with van der Waals surface area (Å²) in [6.07, 6.45) is 0. The Morgan fingerprint density at radius 1 is 0.966 bits per heavy atom. The van der Waals surface area contributed by atoms with Crippen molar-refractivity contribution >= 4 is 23.2 Å². The molecule has 2 N–H and O–H groups in total. The molecule has 3 aromatic carbocycles. The summed E-state index contributed by atoms with van der Waals surface area (Å²) in [5, 5.41) is 14.1. The minimum absolute atomic E-state index is 0.0458. The van der Waals surface area contributed by atoms with Crippen molar-refractivity contribution in [2.45, 2.75) is 0 Å². The summed E-state index contributed by atoms with van der Waals surface area (Å²) in [6.45, 7) is -0.400. The molecule has 3 aromatic rings. The second kappa shape index (κ2) is 9.15. The zero-order valence-corrected chi connectivity index (χ0v) is 15.2. The van der Waals surface area contributed by atoms with Crippen LogP contribution in [0.25, 0.3) is 0 Å². The maximum atomic E-state index is 13.6. The van der Waals surface area contributed by atoms with Crippen molar-refractivity contribution in [3.63, 3.8) is 0 Å². The van der Waals surface area contributed by atoms with Gasteiger partial charge in [0.1, 0.15) is 11.6 Å². The van der Waals surface area contributed by atoms with E-state index in [9.17, 15) is 14.0 Å². The zero-order valence-electron chi connectivity index (χ0n) is 15.2. The van der Waals surface area contributed by atoms with Gasteiger partial charge in [0.15, 0.2) is 6.61 Å². The second-order valence-electron chi connectivity index (χ2n) is 5.96. The number of nitriles is 1. The Bertz CT molecular complexity index is 1090. The molecule has 0 radical (unpaired) electrons. The third kappa shape index (κ3) is 5.17. The third-order valence-corrected chi connectivity index (χ3v) is 3.89. The van der Waals surface area contributed by atoms with E-state index in [-0.39, 0.29) is 17.0 Å². The lowest BCUT2D eigenvalue weighted by Crippen LogP contribution is -2.22. The van der Waals surface area contributed by atoms with E-state index in [0.717, 1.165) is 0 Å². The van der Waals surface area contributed by atoms with Gasteiger partial charge in [0.25, 0.3) is 11.8 Å². The first-order chi connectivity index (χ1) is 14.1. The van der Waals surface area contributed by atoms with Crippen molar-refractivity contribution in [2.75, 3.05) is 17.2 Å². The highest BCUT2D eigenvalue weighted by atomic mass is 19.1. The van der Waals surface area contributed by atoms with Crippen molar-refractivity contribution in [3.05, 3.63) is 89.7 Å². The predicted octanol–water partition coefficient (Wildman–Crippen LogP) is 3.97. The maximum Gasteiger partial charge on any atom is 0.262 e. The number of nitrogens with zero attached hydrogens (tertiary/aromatic N) is 1. The number of nitrogens with one attached hydrogen (secondary N) is 2. The lowest BCUT2D eigenvalue weighted by atomic mass is 10.1. The molecule has 0 aliphatic carbocycles. The van der Waals surface area contributed by atoms with Gasteiger partial charge in [-0.1, -0.05) is 30.3 Å². The molecule has 0 aromatic heterocycles. The number of carbonyl (C=O) groups is 2. The van der Waals surface area contributed by atoms with E-state index in [1.165, 1.54) is 18.2 Å². The molecule has 29 heavy (non-hydrogen) atoms. The topological polar surface area (TPSA) is 91.2 Å². The number of amides is 2. The molecule has 7 heteroatoms. The molecule has 0 heterocycles. The number of anilines is 2. The molecule has 0 saturated heterocycles. The largest absolute Gasteiger partial charge is 0.483 e. The molecule has 0 unspecified atom stereocenters. The van der Waals surface area contributed by atoms with E-state index < -0.39 is 24.2 Å². The van der Waals surface area contributed by atoms with Crippen molar-refractivity contribution < 1.29 is 18.7 Å². The van der Waals surface area contributed by atoms with Crippen molar-refractivity contribution in [3.8, 4) is 11.8 Å². The Kier molecular flexibility index (Phi) is 6.18. The van der Waals surface area contributed by atoms with Crippen LogP contribution in [-0.2, 0) is 4.79 Å². The van der Waals surface area contributed by atoms with Crippen LogP contribution in [0.5, 0.6) is 5.75 Å². The quantitative estimate of drug-likeness (QED) is 0.667. The minimum atomic E-state index is -0.563. The van der Waals surface area contributed by atoms with Crippen molar-refractivity contribution in [1.29, 1.82) is 5.26 Å². The highest BCUT2D eigenvalue weighted by Crippen LogP contribution is 2.20. The Hall–Kier alpha value is -4.18. The highest BCUT2D eigenvalue weighted by molar-refractivity contribution is 6.06. The Morgan fingerprint density at radius 2 is 1.72 bits per heavy atom. The van der Waals surface area contributed by atoms with Crippen LogP contribution in [0.2, 0.25) is 0 Å². The number of benzene rings is 3. The Labute approximate surface area is 166 Å². The summed E-state index contributed by atoms with van der Waals surface area (Å²) in [7, 11) is 0. The van der Waals surface area contributed by atoms with Crippen LogP contribution in [0.3, 0.4) is 0 Å². The van der Waals surface area contributed by atoms with Gasteiger partial charge in [0.05, 0.1) is 22.9 Å². The first-order valence-electron chi connectivity index (χ1n) is 8.64. The fraction of sp³-hybridized carbons (Fsp3) is 0.0455. The molecule has 0 spiro atoms. The molecular formula is C22H16FN3O3. The van der Waals surface area contributed by atoms with Crippen molar-refractivity contribution in [2.24, 2.45) is 0 Å². The highest BCUT2D eigenvalue weighted by Gasteiger charge is 2.14. The number of halogens is 1. The Morgan fingerprint density at radius 3 is 2.52 bits per heavy atom. The average molecular weight is 389 g/mol. The molecule has 0 bridgehead atoms. The van der Waals surface area contributed by atoms with Gasteiger partial charge in [0, 0.05) is 5.69 Å². The van der Waals surface area contributed by atoms with Gasteiger partial charge < -0.3 is 15.4 Å². The lowest BCUT2D eigenvalue weighted by molar-refractivity contribution is -0.118. The first kappa shape index (κ1) is 19.6. The van der Waals surface area contributed by atoms with E-state index in [1.54, 1.807) is 54.6 Å². The van der Waals surface area contributed by atoms with Crippen LogP contribution < -0.4 is 15.4 Å². The smallest absolute Gasteiger partial charge is 0.262 e. The number of hydrogen-bond acceptors (Lipinski definition) is 4. The van der Waals surface area contributed by atoms with Crippen LogP contribution in [0.1, 0.15) is 15.9 Å². The van der Waals surface area contributed by atoms with E-state index in [1.807, 2.05) is 6.07 Å². The van der Waals surface area contributed by atoms with Crippen LogP contribution in [0.15, 0.2) is 72.8 Å². The number of hydrogen-bond donors (Lipinski definition) is 2. The molecule has 3 rings (SSSR count). The van der Waals surface area contributed by atoms with Gasteiger partial charge in [-0.05, 0) is 42.5 Å². The lowest BCUT2D eigenvalue weighted by Gasteiger charge is -2.12. The van der Waals surface area contributed by atoms with E-state index in [0.29, 0.717) is 11.3 Å². The molecular weight excluding hydrogens is 373 g/mol. The zero-order chi connectivity index (χ0) is 20.6. The summed E-state index contributed by atoms with van der Waals surface area (Å²) in [6, 6.07) is 20.7. The van der Waals surface area contributed by atoms with E-state index >= 15 is 0 Å². The Balaban J connectivity index is 1.67. The maximum absolute atomic E-state index is 13.6. The van der Waals surface area contributed by atoms with Gasteiger partial charge >= 0.3 is 0 Å². The molecule has 0 atom stereocenters. The van der Waals surface area contributed by atoms with Crippen LogP contribution in [0.4, 0.5) is 15.8 Å². The normalized spacial score (nSPS) is 9.93. The number of carbonyl (C=O) groups excluding carboxylic acids is 2. The van der Waals surface area contributed by atoms with Gasteiger partial charge in [-0.3, -0.25) is 9.59 Å². The summed E-state index contributed by atoms with van der Waals surface area (Å²) >= 11 is 0. The molecule has 0 aliphatic heterocycles. The SMILES string of the molecule is N#Cc1cccc(NC(=O)c2ccccc2OCC(=O)Nc2ccccc2F)c1. The molecule has 2 amide bonds. The fourth-order valence-corrected chi connectivity index (χ4v) is 2.54. The fourth-order valence-electron chi connectivity index (χ4n) is 2.54. The first-order valence-corrected chi connectivity index (χ1v) is 8.64. The molecule has 144 valence electrons.